The number of pyridine rings is 1. The van der Waals surface area contributed by atoms with Gasteiger partial charge in [0, 0.05) is 37.4 Å². The molecule has 1 saturated heterocycles. The van der Waals surface area contributed by atoms with E-state index >= 15 is 0 Å². The second kappa shape index (κ2) is 13.6. The van der Waals surface area contributed by atoms with Crippen molar-refractivity contribution in [3.63, 3.8) is 0 Å². The van der Waals surface area contributed by atoms with Crippen molar-refractivity contribution >= 4 is 64.5 Å². The molecule has 13 nitrogen and oxygen atoms in total. The number of carbonyl (C=O) groups is 1. The number of fused-ring (bicyclic) bond motifs is 1. The van der Waals surface area contributed by atoms with Gasteiger partial charge in [-0.2, -0.15) is 16.8 Å². The summed E-state index contributed by atoms with van der Waals surface area (Å²) in [6.45, 7) is 4.52. The Hall–Kier alpha value is -1.82. The van der Waals surface area contributed by atoms with E-state index in [2.05, 4.69) is 36.1 Å². The van der Waals surface area contributed by atoms with E-state index in [1.165, 1.54) is 13.8 Å². The summed E-state index contributed by atoms with van der Waals surface area (Å²) in [7, 11) is -7.32. The Morgan fingerprint density at radius 3 is 2.22 bits per heavy atom. The molecule has 1 saturated carbocycles. The Morgan fingerprint density at radius 1 is 1.19 bits per heavy atom. The molecule has 2 aromatic rings. The number of amides is 1. The van der Waals surface area contributed by atoms with Gasteiger partial charge in [-0.15, -0.1) is 0 Å². The van der Waals surface area contributed by atoms with Crippen molar-refractivity contribution in [2.75, 3.05) is 34.8 Å². The van der Waals surface area contributed by atoms with Gasteiger partial charge in [-0.05, 0) is 55.5 Å². The van der Waals surface area contributed by atoms with Crippen molar-refractivity contribution in [1.29, 1.82) is 0 Å². The zero-order chi connectivity index (χ0) is 26.4. The molecule has 0 radical (unpaired) electrons. The molecular weight excluding hydrogens is 582 g/mol. The fraction of sp³-hybridized carbons (Fsp3) is 0.600. The van der Waals surface area contributed by atoms with Crippen LogP contribution < -0.4 is 16.0 Å². The van der Waals surface area contributed by atoms with E-state index in [0.29, 0.717) is 0 Å². The van der Waals surface area contributed by atoms with Crippen LogP contribution in [0.15, 0.2) is 16.9 Å². The Kier molecular flexibility index (Phi) is 12.2. The molecule has 0 spiro atoms. The Morgan fingerprint density at radius 2 is 1.75 bits per heavy atom. The van der Waals surface area contributed by atoms with Gasteiger partial charge in [0.25, 0.3) is 20.2 Å². The molecule has 2 aliphatic rings. The van der Waals surface area contributed by atoms with Crippen molar-refractivity contribution < 1.29 is 36.2 Å². The molecular formula is C20H34BrN5O8S2. The molecule has 1 aliphatic heterocycles. The van der Waals surface area contributed by atoms with Crippen LogP contribution in [-0.4, -0.2) is 77.9 Å². The number of aromatic amines is 1. The lowest BCUT2D eigenvalue weighted by atomic mass is 10.1. The van der Waals surface area contributed by atoms with Crippen LogP contribution in [0.2, 0.25) is 0 Å². The van der Waals surface area contributed by atoms with Crippen LogP contribution in [0.5, 0.6) is 0 Å². The first-order valence-electron chi connectivity index (χ1n) is 11.1. The van der Waals surface area contributed by atoms with Gasteiger partial charge in [0.2, 0.25) is 5.91 Å². The summed E-state index contributed by atoms with van der Waals surface area (Å²) in [5.74, 6) is -0.126. The van der Waals surface area contributed by atoms with Crippen LogP contribution >= 0.6 is 15.9 Å². The first-order chi connectivity index (χ1) is 16.3. The molecule has 16 heteroatoms. The number of piperidine rings is 1. The highest BCUT2D eigenvalue weighted by Crippen LogP contribution is 2.39. The van der Waals surface area contributed by atoms with Crippen LogP contribution in [0.25, 0.3) is 11.0 Å². The maximum Gasteiger partial charge on any atom is 0.264 e. The second-order valence-corrected chi connectivity index (χ2v) is 12.6. The fourth-order valence-electron chi connectivity index (χ4n) is 3.26. The number of nitrogens with two attached hydrogens (primary N) is 1. The lowest BCUT2D eigenvalue weighted by Crippen LogP contribution is -2.43. The molecule has 1 aliphatic carbocycles. The molecule has 36 heavy (non-hydrogen) atoms. The quantitative estimate of drug-likeness (QED) is 0.305. The number of hydrogen-bond donors (Lipinski definition) is 5. The van der Waals surface area contributed by atoms with Gasteiger partial charge in [0.1, 0.15) is 5.65 Å². The Balaban J connectivity index is 0.000000420. The minimum atomic E-state index is -3.66. The average Bonchev–Trinajstić information content (AvgIpc) is 3.56. The summed E-state index contributed by atoms with van der Waals surface area (Å²) in [5.41, 5.74) is 8.81. The van der Waals surface area contributed by atoms with E-state index in [0.717, 1.165) is 65.7 Å². The number of carbonyl (C=O) groups excluding carboxylic acids is 1. The van der Waals surface area contributed by atoms with E-state index in [9.17, 15) is 21.6 Å². The van der Waals surface area contributed by atoms with Crippen LogP contribution in [-0.2, 0) is 25.0 Å². The summed E-state index contributed by atoms with van der Waals surface area (Å²) in [5, 5.41) is 4.02. The summed E-state index contributed by atoms with van der Waals surface area (Å²) < 4.78 is 54.8. The largest absolute Gasteiger partial charge is 0.412 e. The lowest BCUT2D eigenvalue weighted by molar-refractivity contribution is -0.117. The average molecular weight is 617 g/mol. The van der Waals surface area contributed by atoms with Crippen molar-refractivity contribution in [3.05, 3.63) is 16.9 Å². The molecule has 2 fully saturated rings. The minimum absolute atomic E-state index is 0. The highest BCUT2D eigenvalue weighted by molar-refractivity contribution is 9.10. The third-order valence-electron chi connectivity index (χ3n) is 5.34. The fourth-order valence-corrected chi connectivity index (χ4v) is 3.81. The van der Waals surface area contributed by atoms with Gasteiger partial charge >= 0.3 is 0 Å². The van der Waals surface area contributed by atoms with Crippen molar-refractivity contribution in [2.45, 2.75) is 45.6 Å². The Bertz CT molecular complexity index is 1200. The normalized spacial score (nSPS) is 17.7. The van der Waals surface area contributed by atoms with Crippen LogP contribution in [0.4, 0.5) is 11.4 Å². The van der Waals surface area contributed by atoms with E-state index in [4.69, 9.17) is 14.8 Å². The summed E-state index contributed by atoms with van der Waals surface area (Å²) in [6.07, 6.45) is 7.75. The first-order valence-corrected chi connectivity index (χ1v) is 15.1. The van der Waals surface area contributed by atoms with Crippen LogP contribution in [0.3, 0.4) is 0 Å². The van der Waals surface area contributed by atoms with Gasteiger partial charge in [-0.25, -0.2) is 4.98 Å². The molecule has 206 valence electrons. The molecule has 0 unspecified atom stereocenters. The number of aromatic nitrogens is 2. The Labute approximate surface area is 219 Å². The van der Waals surface area contributed by atoms with E-state index in [-0.39, 0.29) is 34.8 Å². The maximum atomic E-state index is 12.2. The zero-order valence-electron chi connectivity index (χ0n) is 20.1. The van der Waals surface area contributed by atoms with Crippen molar-refractivity contribution in [1.82, 2.24) is 9.97 Å². The second-order valence-electron chi connectivity index (χ2n) is 8.23. The number of nitrogens with zero attached hydrogens (tertiary/aromatic N) is 2. The predicted octanol–water partition coefficient (Wildman–Crippen LogP) is 1.56. The van der Waals surface area contributed by atoms with E-state index < -0.39 is 20.2 Å². The number of nitrogens with one attached hydrogen (secondary N) is 2. The van der Waals surface area contributed by atoms with Gasteiger partial charge in [0.05, 0.1) is 32.7 Å². The van der Waals surface area contributed by atoms with Gasteiger partial charge < -0.3 is 26.4 Å². The number of H-pyrrole nitrogens is 1. The third-order valence-corrected chi connectivity index (χ3v) is 7.38. The van der Waals surface area contributed by atoms with Gasteiger partial charge in [-0.3, -0.25) is 13.9 Å². The predicted molar refractivity (Wildman–Crippen MR) is 142 cm³/mol. The molecule has 8 N–H and O–H groups in total. The lowest BCUT2D eigenvalue weighted by Gasteiger charge is -2.33. The van der Waals surface area contributed by atoms with Crippen molar-refractivity contribution in [2.24, 2.45) is 11.7 Å². The first kappa shape index (κ1) is 32.2. The molecule has 1 atom stereocenters. The van der Waals surface area contributed by atoms with E-state index in [1.54, 1.807) is 6.20 Å². The summed E-state index contributed by atoms with van der Waals surface area (Å²) in [6, 6.07) is 0.183. The van der Waals surface area contributed by atoms with Crippen LogP contribution in [0, 0.1) is 5.92 Å². The zero-order valence-corrected chi connectivity index (χ0v) is 23.3. The molecule has 1 amide bonds. The van der Waals surface area contributed by atoms with E-state index in [1.807, 2.05) is 6.20 Å². The van der Waals surface area contributed by atoms with Crippen LogP contribution in [0.1, 0.15) is 39.5 Å². The highest BCUT2D eigenvalue weighted by Gasteiger charge is 2.31. The topological polar surface area (TPSA) is 227 Å². The maximum absolute atomic E-state index is 12.2. The SMILES string of the molecule is CCS(=O)(=O)O.CCS(=O)(=O)O.N[C@@H]1CCCN(c2c(Br)cnc3[nH]cc(NC(=O)C4CC4)c23)C1.O. The number of anilines is 2. The molecule has 3 heterocycles. The molecule has 2 aromatic heterocycles. The number of rotatable bonds is 5. The number of halogens is 1. The molecule has 0 bridgehead atoms. The van der Waals surface area contributed by atoms with Gasteiger partial charge in [-0.1, -0.05) is 0 Å². The molecule has 0 aromatic carbocycles. The molecule has 4 rings (SSSR count). The minimum Gasteiger partial charge on any atom is -0.412 e. The summed E-state index contributed by atoms with van der Waals surface area (Å²) in [4.78, 5) is 22.0. The highest BCUT2D eigenvalue weighted by atomic mass is 79.9. The monoisotopic (exact) mass is 615 g/mol. The standard InChI is InChI=1S/C16H20BrN5O.2C2H6O3S.H2O/c17-11-6-19-15-13(14(11)22-5-1-2-10(18)8-22)12(7-20-15)21-16(23)9-3-4-9;2*1-2-6(3,4)5;/h6-7,9-10H,1-5,8,18H2,(H,19,20)(H,21,23);2*2H2,1H3,(H,3,4,5);1H2/t10-;;;/m1.../s1. The smallest absolute Gasteiger partial charge is 0.264 e. The van der Waals surface area contributed by atoms with Crippen molar-refractivity contribution in [3.8, 4) is 0 Å². The van der Waals surface area contributed by atoms with Gasteiger partial charge in [0.15, 0.2) is 0 Å². The third kappa shape index (κ3) is 10.3. The number of hydrogen-bond acceptors (Lipinski definition) is 8. The summed E-state index contributed by atoms with van der Waals surface area (Å²) >= 11 is 3.63.